The van der Waals surface area contributed by atoms with Gasteiger partial charge in [-0.2, -0.15) is 0 Å². The molecule has 0 aromatic carbocycles. The smallest absolute Gasteiger partial charge is 0.306 e. The lowest BCUT2D eigenvalue weighted by atomic mass is 10.0. The molecule has 0 heterocycles. The third-order valence-corrected chi connectivity index (χ3v) is 10.5. The molecule has 0 aromatic rings. The summed E-state index contributed by atoms with van der Waals surface area (Å²) in [6, 6.07) is -0.700. The molecule has 316 valence electrons. The minimum atomic E-state index is -0.786. The Bertz CT molecular complexity index is 900. The van der Waals surface area contributed by atoms with Crippen LogP contribution in [0, 0.1) is 0 Å². The van der Waals surface area contributed by atoms with Crippen LogP contribution in [0.1, 0.15) is 233 Å². The summed E-state index contributed by atoms with van der Waals surface area (Å²) >= 11 is 0. The Morgan fingerprint density at radius 2 is 0.944 bits per heavy atom. The molecule has 0 aliphatic rings. The van der Waals surface area contributed by atoms with Crippen LogP contribution in [0.4, 0.5) is 0 Å². The molecule has 0 rings (SSSR count). The molecule has 0 spiro atoms. The summed E-state index contributed by atoms with van der Waals surface area (Å²) in [5, 5.41) is 23.5. The van der Waals surface area contributed by atoms with Crippen LogP contribution in [0.15, 0.2) is 36.5 Å². The summed E-state index contributed by atoms with van der Waals surface area (Å²) in [4.78, 5) is 25.9. The van der Waals surface area contributed by atoms with E-state index >= 15 is 0 Å². The highest BCUT2D eigenvalue weighted by atomic mass is 16.5. The number of amides is 1. The number of allylic oxidation sites excluding steroid dienone is 6. The zero-order chi connectivity index (χ0) is 39.6. The molecule has 3 atom stereocenters. The fourth-order valence-corrected chi connectivity index (χ4v) is 6.91. The number of esters is 1. The lowest BCUT2D eigenvalue weighted by molar-refractivity contribution is -0.151. The van der Waals surface area contributed by atoms with Crippen molar-refractivity contribution in [2.75, 3.05) is 6.61 Å². The molecule has 6 nitrogen and oxygen atoms in total. The SMILES string of the molecule is CCCCC/C=C\C/C=C\C/C=C\CCCCCCC(=O)OC(CCCCCCCCCCC)CC(=O)NC(CO)C(O)CCCCCCCCCCC. The lowest BCUT2D eigenvalue weighted by Crippen LogP contribution is -2.46. The molecule has 0 saturated carbocycles. The highest BCUT2D eigenvalue weighted by molar-refractivity contribution is 5.77. The van der Waals surface area contributed by atoms with Gasteiger partial charge in [-0.1, -0.05) is 192 Å². The highest BCUT2D eigenvalue weighted by Crippen LogP contribution is 2.17. The third-order valence-electron chi connectivity index (χ3n) is 10.5. The van der Waals surface area contributed by atoms with Crippen molar-refractivity contribution in [1.29, 1.82) is 0 Å². The molecule has 0 saturated heterocycles. The van der Waals surface area contributed by atoms with Crippen LogP contribution < -0.4 is 5.32 Å². The van der Waals surface area contributed by atoms with Crippen LogP contribution >= 0.6 is 0 Å². The highest BCUT2D eigenvalue weighted by Gasteiger charge is 2.24. The summed E-state index contributed by atoms with van der Waals surface area (Å²) in [5.74, 6) is -0.498. The van der Waals surface area contributed by atoms with Gasteiger partial charge in [-0.25, -0.2) is 0 Å². The summed E-state index contributed by atoms with van der Waals surface area (Å²) in [6.45, 7) is 6.41. The fraction of sp³-hybridized carbons (Fsp3) is 0.833. The molecule has 3 unspecified atom stereocenters. The van der Waals surface area contributed by atoms with E-state index in [1.807, 2.05) is 0 Å². The molecule has 0 radical (unpaired) electrons. The van der Waals surface area contributed by atoms with Crippen molar-refractivity contribution in [3.63, 3.8) is 0 Å². The van der Waals surface area contributed by atoms with Crippen molar-refractivity contribution < 1.29 is 24.5 Å². The summed E-state index contributed by atoms with van der Waals surface area (Å²) < 4.78 is 5.88. The Hall–Kier alpha value is -1.92. The monoisotopic (exact) mass is 760 g/mol. The van der Waals surface area contributed by atoms with Crippen LogP contribution in [0.2, 0.25) is 0 Å². The van der Waals surface area contributed by atoms with E-state index in [-0.39, 0.29) is 24.9 Å². The molecule has 6 heteroatoms. The van der Waals surface area contributed by atoms with Crippen molar-refractivity contribution in [3.05, 3.63) is 36.5 Å². The summed E-state index contributed by atoms with van der Waals surface area (Å²) in [5.41, 5.74) is 0. The van der Waals surface area contributed by atoms with Gasteiger partial charge in [0, 0.05) is 6.42 Å². The molecular weight excluding hydrogens is 671 g/mol. The van der Waals surface area contributed by atoms with E-state index in [1.165, 1.54) is 109 Å². The van der Waals surface area contributed by atoms with Crippen LogP contribution in [0.3, 0.4) is 0 Å². The lowest BCUT2D eigenvalue weighted by Gasteiger charge is -2.24. The van der Waals surface area contributed by atoms with E-state index in [1.54, 1.807) is 0 Å². The number of aliphatic hydroxyl groups is 2. The number of hydrogen-bond donors (Lipinski definition) is 3. The van der Waals surface area contributed by atoms with Crippen LogP contribution in [0.25, 0.3) is 0 Å². The number of rotatable bonds is 41. The van der Waals surface area contributed by atoms with Crippen molar-refractivity contribution in [1.82, 2.24) is 5.32 Å². The first-order valence-corrected chi connectivity index (χ1v) is 23.2. The van der Waals surface area contributed by atoms with E-state index in [9.17, 15) is 19.8 Å². The first kappa shape index (κ1) is 52.1. The van der Waals surface area contributed by atoms with E-state index in [0.29, 0.717) is 19.3 Å². The minimum Gasteiger partial charge on any atom is -0.462 e. The molecule has 0 aliphatic carbocycles. The Balaban J connectivity index is 4.53. The predicted molar refractivity (Wildman–Crippen MR) is 232 cm³/mol. The molecule has 54 heavy (non-hydrogen) atoms. The normalized spacial score (nSPS) is 13.6. The van der Waals surface area contributed by atoms with E-state index < -0.39 is 18.2 Å². The second kappa shape index (κ2) is 42.2. The minimum absolute atomic E-state index is 0.0707. The maximum atomic E-state index is 13.1. The fourth-order valence-electron chi connectivity index (χ4n) is 6.91. The third kappa shape index (κ3) is 37.0. The van der Waals surface area contributed by atoms with Crippen molar-refractivity contribution in [2.24, 2.45) is 0 Å². The number of aliphatic hydroxyl groups excluding tert-OH is 2. The van der Waals surface area contributed by atoms with Gasteiger partial charge < -0.3 is 20.3 Å². The quantitative estimate of drug-likeness (QED) is 0.0328. The number of nitrogens with one attached hydrogen (secondary N) is 1. The van der Waals surface area contributed by atoms with Gasteiger partial charge in [-0.3, -0.25) is 9.59 Å². The number of carbonyl (C=O) groups excluding carboxylic acids is 2. The standard InChI is InChI=1S/C48H89NO5/c1-4-7-10-13-16-19-20-21-22-23-24-25-26-29-32-35-38-41-48(53)54-44(39-36-33-30-27-17-14-11-8-5-2)42-47(52)49-45(43-50)46(51)40-37-34-31-28-18-15-12-9-6-3/h16,19,21-22,24-25,44-46,50-51H,4-15,17-18,20,23,26-43H2,1-3H3,(H,49,52)/b19-16-,22-21-,25-24-. The number of unbranched alkanes of at least 4 members (excludes halogenated alkanes) is 23. The zero-order valence-corrected chi connectivity index (χ0v) is 35.9. The second-order valence-electron chi connectivity index (χ2n) is 15.8. The molecule has 0 bridgehead atoms. The second-order valence-corrected chi connectivity index (χ2v) is 15.8. The Labute approximate surface area is 334 Å². The van der Waals surface area contributed by atoms with Gasteiger partial charge in [0.1, 0.15) is 6.10 Å². The Morgan fingerprint density at radius 1 is 0.537 bits per heavy atom. The van der Waals surface area contributed by atoms with Crippen molar-refractivity contribution in [3.8, 4) is 0 Å². The Kier molecular flexibility index (Phi) is 40.7. The average Bonchev–Trinajstić information content (AvgIpc) is 3.16. The predicted octanol–water partition coefficient (Wildman–Crippen LogP) is 13.3. The van der Waals surface area contributed by atoms with Crippen LogP contribution in [0.5, 0.6) is 0 Å². The first-order valence-electron chi connectivity index (χ1n) is 23.2. The topological polar surface area (TPSA) is 95.9 Å². The van der Waals surface area contributed by atoms with Gasteiger partial charge in [0.2, 0.25) is 5.91 Å². The van der Waals surface area contributed by atoms with Gasteiger partial charge in [-0.15, -0.1) is 0 Å². The maximum absolute atomic E-state index is 13.1. The number of carbonyl (C=O) groups is 2. The van der Waals surface area contributed by atoms with Gasteiger partial charge >= 0.3 is 5.97 Å². The summed E-state index contributed by atoms with van der Waals surface area (Å²) in [7, 11) is 0. The zero-order valence-electron chi connectivity index (χ0n) is 35.9. The molecule has 0 aromatic heterocycles. The molecular formula is C48H89NO5. The molecule has 0 aliphatic heterocycles. The van der Waals surface area contributed by atoms with E-state index in [0.717, 1.165) is 77.0 Å². The molecule has 1 amide bonds. The maximum Gasteiger partial charge on any atom is 0.306 e. The van der Waals surface area contributed by atoms with Gasteiger partial charge in [0.15, 0.2) is 0 Å². The van der Waals surface area contributed by atoms with Crippen molar-refractivity contribution in [2.45, 2.75) is 251 Å². The molecule has 3 N–H and O–H groups in total. The largest absolute Gasteiger partial charge is 0.462 e. The summed E-state index contributed by atoms with van der Waals surface area (Å²) in [6.07, 6.45) is 47.8. The van der Waals surface area contributed by atoms with E-state index in [2.05, 4.69) is 62.5 Å². The Morgan fingerprint density at radius 3 is 1.46 bits per heavy atom. The van der Waals surface area contributed by atoms with Gasteiger partial charge in [0.05, 0.1) is 25.2 Å². The first-order chi connectivity index (χ1) is 26.5. The van der Waals surface area contributed by atoms with E-state index in [4.69, 9.17) is 4.74 Å². The molecule has 0 fully saturated rings. The average molecular weight is 760 g/mol. The number of hydrogen-bond acceptors (Lipinski definition) is 5. The van der Waals surface area contributed by atoms with Gasteiger partial charge in [-0.05, 0) is 64.2 Å². The van der Waals surface area contributed by atoms with Gasteiger partial charge in [0.25, 0.3) is 0 Å². The van der Waals surface area contributed by atoms with Crippen molar-refractivity contribution >= 4 is 11.9 Å². The van der Waals surface area contributed by atoms with Crippen LogP contribution in [-0.4, -0.2) is 46.9 Å². The number of ether oxygens (including phenoxy) is 1. The van der Waals surface area contributed by atoms with Crippen LogP contribution in [-0.2, 0) is 14.3 Å².